The Labute approximate surface area is 146 Å². The topological polar surface area (TPSA) is 9.23 Å². The number of hydrogen-bond acceptors (Lipinski definition) is 1. The van der Waals surface area contributed by atoms with Gasteiger partial charge < -0.3 is 4.74 Å². The highest BCUT2D eigenvalue weighted by atomic mass is 19.3. The third kappa shape index (κ3) is 6.15. The second-order valence-corrected chi connectivity index (χ2v) is 6.81. The molecule has 0 atom stereocenters. The van der Waals surface area contributed by atoms with Gasteiger partial charge in [0.05, 0.1) is 13.8 Å². The van der Waals surface area contributed by atoms with E-state index in [1.165, 1.54) is 19.2 Å². The molecule has 1 nitrogen and oxygen atoms in total. The van der Waals surface area contributed by atoms with Crippen LogP contribution in [0.5, 0.6) is 5.75 Å². The Hall–Kier alpha value is -1.33. The fourth-order valence-corrected chi connectivity index (χ4v) is 3.64. The van der Waals surface area contributed by atoms with Crippen LogP contribution in [0, 0.1) is 17.7 Å². The molecule has 0 aliphatic heterocycles. The first-order valence-electron chi connectivity index (χ1n) is 8.72. The summed E-state index contributed by atoms with van der Waals surface area (Å²) in [5.41, 5.74) is 0.295. The molecule has 6 heteroatoms. The van der Waals surface area contributed by atoms with E-state index >= 15 is 0 Å². The minimum Gasteiger partial charge on any atom is -0.494 e. The minimum atomic E-state index is -2.83. The number of methoxy groups -OCH3 is 1. The molecule has 0 spiro atoms. The summed E-state index contributed by atoms with van der Waals surface area (Å²) in [5.74, 6) is -3.58. The zero-order valence-electron chi connectivity index (χ0n) is 14.6. The van der Waals surface area contributed by atoms with Crippen LogP contribution in [0.2, 0.25) is 0 Å². The highest BCUT2D eigenvalue weighted by molar-refractivity contribution is 5.30. The molecule has 1 aromatic carbocycles. The van der Waals surface area contributed by atoms with E-state index in [-0.39, 0.29) is 17.1 Å². The lowest BCUT2D eigenvalue weighted by atomic mass is 9.76. The van der Waals surface area contributed by atoms with Crippen LogP contribution in [0.1, 0.15) is 50.5 Å². The monoisotopic (exact) mass is 366 g/mol. The fraction of sp³-hybridized carbons (Fsp3) is 0.684. The molecule has 0 unspecified atom stereocenters. The lowest BCUT2D eigenvalue weighted by Crippen LogP contribution is -2.34. The van der Waals surface area contributed by atoms with Crippen molar-refractivity contribution >= 4 is 0 Å². The third-order valence-electron chi connectivity index (χ3n) is 5.10. The molecule has 25 heavy (non-hydrogen) atoms. The highest BCUT2D eigenvalue weighted by Gasteiger charge is 2.41. The smallest absolute Gasteiger partial charge is 0.254 e. The molecule has 1 aliphatic carbocycles. The van der Waals surface area contributed by atoms with Crippen molar-refractivity contribution in [3.63, 3.8) is 0 Å². The quantitative estimate of drug-likeness (QED) is 0.398. The Bertz CT molecular complexity index is 513. The zero-order valence-corrected chi connectivity index (χ0v) is 14.6. The number of hydrogen-bond donors (Lipinski definition) is 0. The van der Waals surface area contributed by atoms with Crippen LogP contribution < -0.4 is 4.74 Å². The second kappa shape index (κ2) is 9.97. The highest BCUT2D eigenvalue weighted by Crippen LogP contribution is 2.42. The molecule has 0 heterocycles. The number of unbranched alkanes of at least 4 members (excludes halogenated alkanes) is 1. The second-order valence-electron chi connectivity index (χ2n) is 6.81. The minimum absolute atomic E-state index is 0. The van der Waals surface area contributed by atoms with E-state index in [1.807, 2.05) is 0 Å². The summed E-state index contributed by atoms with van der Waals surface area (Å²) in [7, 11) is 1.35. The number of halogens is 5. The van der Waals surface area contributed by atoms with Gasteiger partial charge in [-0.1, -0.05) is 18.9 Å². The molecule has 1 fully saturated rings. The molecule has 0 amide bonds. The van der Waals surface area contributed by atoms with Crippen molar-refractivity contribution in [2.45, 2.75) is 57.3 Å². The van der Waals surface area contributed by atoms with Gasteiger partial charge in [0.15, 0.2) is 11.6 Å². The Balaban J connectivity index is 0.00000312. The lowest BCUT2D eigenvalue weighted by Gasteiger charge is -2.34. The third-order valence-corrected chi connectivity index (χ3v) is 5.10. The lowest BCUT2D eigenvalue weighted by molar-refractivity contribution is -0.0746. The zero-order chi connectivity index (χ0) is 17.6. The van der Waals surface area contributed by atoms with Gasteiger partial charge in [-0.15, -0.1) is 0 Å². The van der Waals surface area contributed by atoms with Crippen LogP contribution in [0.3, 0.4) is 0 Å². The van der Waals surface area contributed by atoms with Crippen molar-refractivity contribution < 1.29 is 27.0 Å². The van der Waals surface area contributed by atoms with Gasteiger partial charge in [-0.25, -0.2) is 13.2 Å². The molecule has 1 aliphatic rings. The van der Waals surface area contributed by atoms with Crippen LogP contribution in [-0.2, 0) is 6.42 Å². The van der Waals surface area contributed by atoms with E-state index in [0.29, 0.717) is 30.7 Å². The molecule has 0 N–H and O–H groups in total. The van der Waals surface area contributed by atoms with Gasteiger partial charge in [0.2, 0.25) is 0 Å². The SMILES string of the molecule is COc1ccc(CC(F)(F)C2CCC(CCCCF)CC2)cc1F.F. The molecular weight excluding hydrogens is 339 g/mol. The predicted octanol–water partition coefficient (Wildman–Crippen LogP) is 6.11. The molecular formula is C19H27F5O. The van der Waals surface area contributed by atoms with Crippen molar-refractivity contribution in [1.29, 1.82) is 0 Å². The van der Waals surface area contributed by atoms with E-state index in [4.69, 9.17) is 4.74 Å². The van der Waals surface area contributed by atoms with Gasteiger partial charge in [0.1, 0.15) is 0 Å². The Morgan fingerprint density at radius 2 is 1.80 bits per heavy atom. The summed E-state index contributed by atoms with van der Waals surface area (Å²) in [5, 5.41) is 0. The van der Waals surface area contributed by atoms with Crippen molar-refractivity contribution in [1.82, 2.24) is 0 Å². The first kappa shape index (κ1) is 21.7. The number of alkyl halides is 3. The number of rotatable bonds is 8. The molecule has 0 radical (unpaired) electrons. The van der Waals surface area contributed by atoms with E-state index < -0.39 is 24.1 Å². The van der Waals surface area contributed by atoms with Crippen molar-refractivity contribution in [3.8, 4) is 5.75 Å². The molecule has 1 saturated carbocycles. The van der Waals surface area contributed by atoms with Crippen LogP contribution in [0.25, 0.3) is 0 Å². The summed E-state index contributed by atoms with van der Waals surface area (Å²) in [6, 6.07) is 4.02. The fourth-order valence-electron chi connectivity index (χ4n) is 3.64. The van der Waals surface area contributed by atoms with E-state index in [1.54, 1.807) is 0 Å². The predicted molar refractivity (Wildman–Crippen MR) is 89.4 cm³/mol. The largest absolute Gasteiger partial charge is 0.494 e. The van der Waals surface area contributed by atoms with Gasteiger partial charge >= 0.3 is 0 Å². The molecule has 1 aromatic rings. The summed E-state index contributed by atoms with van der Waals surface area (Å²) in [6.45, 7) is -0.300. The molecule has 0 saturated heterocycles. The van der Waals surface area contributed by atoms with Crippen LogP contribution in [0.4, 0.5) is 22.3 Å². The Kier molecular flexibility index (Phi) is 8.66. The standard InChI is InChI=1S/C19H26F4O.FH/c1-24-18-10-7-15(12-17(18)21)13-19(22,23)16-8-5-14(6-9-16)4-2-3-11-20;/h7,10,12,14,16H,2-6,8-9,11,13H2,1H3;1H. The van der Waals surface area contributed by atoms with Gasteiger partial charge in [-0.2, -0.15) is 0 Å². The van der Waals surface area contributed by atoms with Crippen molar-refractivity contribution in [2.75, 3.05) is 13.8 Å². The van der Waals surface area contributed by atoms with Gasteiger partial charge in [-0.3, -0.25) is 9.09 Å². The maximum atomic E-state index is 14.5. The van der Waals surface area contributed by atoms with E-state index in [2.05, 4.69) is 0 Å². The average Bonchev–Trinajstić information content (AvgIpc) is 2.55. The molecule has 144 valence electrons. The summed E-state index contributed by atoms with van der Waals surface area (Å²) in [4.78, 5) is 0. The number of ether oxygens (including phenoxy) is 1. The normalized spacial score (nSPS) is 20.8. The van der Waals surface area contributed by atoms with Crippen molar-refractivity contribution in [2.24, 2.45) is 11.8 Å². The van der Waals surface area contributed by atoms with Crippen LogP contribution in [0.15, 0.2) is 18.2 Å². The summed E-state index contributed by atoms with van der Waals surface area (Å²) >= 11 is 0. The first-order chi connectivity index (χ1) is 11.5. The molecule has 0 aromatic heterocycles. The van der Waals surface area contributed by atoms with Gasteiger partial charge in [-0.05, 0) is 55.7 Å². The average molecular weight is 366 g/mol. The molecule has 2 rings (SSSR count). The maximum Gasteiger partial charge on any atom is 0.254 e. The van der Waals surface area contributed by atoms with E-state index in [0.717, 1.165) is 31.7 Å². The Morgan fingerprint density at radius 1 is 1.12 bits per heavy atom. The van der Waals surface area contributed by atoms with E-state index in [9.17, 15) is 17.6 Å². The van der Waals surface area contributed by atoms with Crippen LogP contribution >= 0.6 is 0 Å². The summed E-state index contributed by atoms with van der Waals surface area (Å²) < 4.78 is 59.7. The Morgan fingerprint density at radius 3 is 2.36 bits per heavy atom. The van der Waals surface area contributed by atoms with Gasteiger partial charge in [0, 0.05) is 12.3 Å². The summed E-state index contributed by atoms with van der Waals surface area (Å²) in [6.07, 6.45) is 4.45. The maximum absolute atomic E-state index is 14.5. The number of benzene rings is 1. The van der Waals surface area contributed by atoms with Crippen molar-refractivity contribution in [3.05, 3.63) is 29.6 Å². The van der Waals surface area contributed by atoms with Gasteiger partial charge in [0.25, 0.3) is 5.92 Å². The molecule has 0 bridgehead atoms. The first-order valence-corrected chi connectivity index (χ1v) is 8.72. The van der Waals surface area contributed by atoms with Crippen LogP contribution in [-0.4, -0.2) is 19.7 Å².